The standard InChI is InChI=1S/C8H7NO3/c1-6(10)8(12)9-5-3-2-4-7(9)11/h2-5H,1H3. The monoisotopic (exact) mass is 165 g/mol. The van der Waals surface area contributed by atoms with E-state index in [1.165, 1.54) is 24.4 Å². The Hall–Kier alpha value is -1.71. The van der Waals surface area contributed by atoms with Crippen molar-refractivity contribution in [3.8, 4) is 0 Å². The molecular weight excluding hydrogens is 158 g/mol. The van der Waals surface area contributed by atoms with Crippen molar-refractivity contribution in [3.63, 3.8) is 0 Å². The van der Waals surface area contributed by atoms with E-state index < -0.39 is 17.2 Å². The summed E-state index contributed by atoms with van der Waals surface area (Å²) in [6.45, 7) is 1.13. The third-order valence-electron chi connectivity index (χ3n) is 1.34. The van der Waals surface area contributed by atoms with Crippen LogP contribution in [0.25, 0.3) is 0 Å². The summed E-state index contributed by atoms with van der Waals surface area (Å²) in [5, 5.41) is 0. The van der Waals surface area contributed by atoms with Crippen molar-refractivity contribution >= 4 is 11.7 Å². The smallest absolute Gasteiger partial charge is 0.289 e. The second kappa shape index (κ2) is 3.13. The summed E-state index contributed by atoms with van der Waals surface area (Å²) in [5.74, 6) is -1.45. The molecule has 0 saturated heterocycles. The van der Waals surface area contributed by atoms with E-state index in [0.717, 1.165) is 11.5 Å². The lowest BCUT2D eigenvalue weighted by Gasteiger charge is -1.97. The summed E-state index contributed by atoms with van der Waals surface area (Å²) in [5.41, 5.74) is -0.488. The summed E-state index contributed by atoms with van der Waals surface area (Å²) < 4.78 is 0.780. The Labute approximate surface area is 68.4 Å². The summed E-state index contributed by atoms with van der Waals surface area (Å²) in [7, 11) is 0. The van der Waals surface area contributed by atoms with Gasteiger partial charge in [0, 0.05) is 19.2 Å². The highest BCUT2D eigenvalue weighted by Crippen LogP contribution is 1.83. The lowest BCUT2D eigenvalue weighted by atomic mass is 10.4. The van der Waals surface area contributed by atoms with Crippen LogP contribution < -0.4 is 5.56 Å². The average Bonchev–Trinajstić information content (AvgIpc) is 2.04. The van der Waals surface area contributed by atoms with Gasteiger partial charge in [-0.1, -0.05) is 6.07 Å². The van der Waals surface area contributed by atoms with Gasteiger partial charge in [-0.2, -0.15) is 0 Å². The molecule has 4 heteroatoms. The number of ketones is 1. The van der Waals surface area contributed by atoms with Gasteiger partial charge >= 0.3 is 5.91 Å². The van der Waals surface area contributed by atoms with Crippen LogP contribution in [0.15, 0.2) is 29.2 Å². The molecule has 0 aromatic carbocycles. The van der Waals surface area contributed by atoms with Gasteiger partial charge in [-0.3, -0.25) is 14.4 Å². The first-order chi connectivity index (χ1) is 5.63. The maximum atomic E-state index is 11.0. The second-order valence-electron chi connectivity index (χ2n) is 2.27. The van der Waals surface area contributed by atoms with E-state index in [1.807, 2.05) is 0 Å². The predicted molar refractivity (Wildman–Crippen MR) is 42.0 cm³/mol. The van der Waals surface area contributed by atoms with E-state index in [0.29, 0.717) is 0 Å². The molecule has 0 atom stereocenters. The first kappa shape index (κ1) is 8.39. The minimum Gasteiger partial charge on any atom is -0.289 e. The molecule has 0 unspecified atom stereocenters. The maximum Gasteiger partial charge on any atom is 0.300 e. The molecule has 62 valence electrons. The molecular formula is C8H7NO3. The predicted octanol–water partition coefficient (Wildman–Crippen LogP) is 0.0775. The maximum absolute atomic E-state index is 11.0. The molecule has 0 radical (unpaired) electrons. The fraction of sp³-hybridized carbons (Fsp3) is 0.125. The molecule has 0 saturated carbocycles. The van der Waals surface area contributed by atoms with Gasteiger partial charge in [-0.25, -0.2) is 4.57 Å². The van der Waals surface area contributed by atoms with Crippen LogP contribution in [0.2, 0.25) is 0 Å². The van der Waals surface area contributed by atoms with Gasteiger partial charge in [-0.15, -0.1) is 0 Å². The Balaban J connectivity index is 3.21. The van der Waals surface area contributed by atoms with Gasteiger partial charge in [0.2, 0.25) is 5.78 Å². The first-order valence-electron chi connectivity index (χ1n) is 3.36. The highest BCUT2D eigenvalue weighted by Gasteiger charge is 2.10. The number of carbonyl (C=O) groups excluding carboxylic acids is 2. The van der Waals surface area contributed by atoms with Crippen LogP contribution in [-0.4, -0.2) is 16.3 Å². The van der Waals surface area contributed by atoms with Crippen LogP contribution >= 0.6 is 0 Å². The number of hydrogen-bond acceptors (Lipinski definition) is 3. The molecule has 0 aliphatic carbocycles. The lowest BCUT2D eigenvalue weighted by molar-refractivity contribution is -0.113. The summed E-state index contributed by atoms with van der Waals surface area (Å²) in [6.07, 6.45) is 1.27. The quantitative estimate of drug-likeness (QED) is 0.553. The normalized spacial score (nSPS) is 9.42. The zero-order chi connectivity index (χ0) is 9.14. The number of Topliss-reactive ketones (excluding diaryl/α,β-unsaturated/α-hetero) is 1. The SMILES string of the molecule is CC(=O)C(=O)n1ccccc1=O. The fourth-order valence-electron chi connectivity index (χ4n) is 0.765. The molecule has 0 spiro atoms. The molecule has 0 aliphatic rings. The number of rotatable bonds is 1. The van der Waals surface area contributed by atoms with E-state index in [9.17, 15) is 14.4 Å². The molecule has 0 amide bonds. The fourth-order valence-corrected chi connectivity index (χ4v) is 0.765. The highest BCUT2D eigenvalue weighted by atomic mass is 16.2. The second-order valence-corrected chi connectivity index (χ2v) is 2.27. The van der Waals surface area contributed by atoms with Crippen molar-refractivity contribution in [1.29, 1.82) is 0 Å². The van der Waals surface area contributed by atoms with Crippen molar-refractivity contribution in [3.05, 3.63) is 34.7 Å². The summed E-state index contributed by atoms with van der Waals surface area (Å²) in [4.78, 5) is 32.5. The molecule has 0 aliphatic heterocycles. The van der Waals surface area contributed by atoms with Crippen LogP contribution in [-0.2, 0) is 4.79 Å². The van der Waals surface area contributed by atoms with E-state index >= 15 is 0 Å². The van der Waals surface area contributed by atoms with Crippen LogP contribution in [0, 0.1) is 0 Å². The minimum absolute atomic E-state index is 0.488. The summed E-state index contributed by atoms with van der Waals surface area (Å²) in [6, 6.07) is 4.25. The molecule has 0 bridgehead atoms. The number of nitrogens with zero attached hydrogens (tertiary/aromatic N) is 1. The van der Waals surface area contributed by atoms with Crippen LogP contribution in [0.3, 0.4) is 0 Å². The molecule has 1 aromatic rings. The Morgan fingerprint density at radius 2 is 2.00 bits per heavy atom. The zero-order valence-electron chi connectivity index (χ0n) is 6.48. The highest BCUT2D eigenvalue weighted by molar-refractivity contribution is 6.35. The van der Waals surface area contributed by atoms with E-state index in [4.69, 9.17) is 0 Å². The van der Waals surface area contributed by atoms with Gasteiger partial charge in [0.15, 0.2) is 0 Å². The number of aromatic nitrogens is 1. The van der Waals surface area contributed by atoms with E-state index in [1.54, 1.807) is 0 Å². The van der Waals surface area contributed by atoms with Crippen molar-refractivity contribution in [1.82, 2.24) is 4.57 Å². The van der Waals surface area contributed by atoms with Gasteiger partial charge in [-0.05, 0) is 6.07 Å². The number of pyridine rings is 1. The van der Waals surface area contributed by atoms with Crippen molar-refractivity contribution < 1.29 is 9.59 Å². The Morgan fingerprint density at radius 3 is 2.50 bits per heavy atom. The zero-order valence-corrected chi connectivity index (χ0v) is 6.48. The Bertz CT molecular complexity index is 378. The van der Waals surface area contributed by atoms with Crippen molar-refractivity contribution in [2.75, 3.05) is 0 Å². The van der Waals surface area contributed by atoms with Gasteiger partial charge in [0.25, 0.3) is 5.56 Å². The van der Waals surface area contributed by atoms with Gasteiger partial charge in [0.05, 0.1) is 0 Å². The first-order valence-corrected chi connectivity index (χ1v) is 3.36. The number of hydrogen-bond donors (Lipinski definition) is 0. The third-order valence-corrected chi connectivity index (χ3v) is 1.34. The average molecular weight is 165 g/mol. The van der Waals surface area contributed by atoms with Crippen molar-refractivity contribution in [2.45, 2.75) is 6.92 Å². The van der Waals surface area contributed by atoms with Crippen LogP contribution in [0.5, 0.6) is 0 Å². The third kappa shape index (κ3) is 1.47. The Kier molecular flexibility index (Phi) is 2.19. The van der Waals surface area contributed by atoms with Gasteiger partial charge in [0.1, 0.15) is 0 Å². The topological polar surface area (TPSA) is 56.1 Å². The molecule has 4 nitrogen and oxygen atoms in total. The van der Waals surface area contributed by atoms with E-state index in [2.05, 4.69) is 0 Å². The Morgan fingerprint density at radius 1 is 1.33 bits per heavy atom. The molecule has 0 N–H and O–H groups in total. The molecule has 0 fully saturated rings. The summed E-state index contributed by atoms with van der Waals surface area (Å²) >= 11 is 0. The van der Waals surface area contributed by atoms with Crippen molar-refractivity contribution in [2.24, 2.45) is 0 Å². The number of carbonyl (C=O) groups is 2. The van der Waals surface area contributed by atoms with Crippen LogP contribution in [0.1, 0.15) is 11.7 Å². The molecule has 1 aromatic heterocycles. The molecule has 12 heavy (non-hydrogen) atoms. The van der Waals surface area contributed by atoms with Gasteiger partial charge < -0.3 is 0 Å². The molecule has 1 heterocycles. The lowest BCUT2D eigenvalue weighted by Crippen LogP contribution is -2.29. The minimum atomic E-state index is -0.805. The largest absolute Gasteiger partial charge is 0.300 e. The van der Waals surface area contributed by atoms with Crippen LogP contribution in [0.4, 0.5) is 0 Å². The van der Waals surface area contributed by atoms with E-state index in [-0.39, 0.29) is 0 Å². The molecule has 1 rings (SSSR count).